The molecule has 0 aliphatic carbocycles. The molecule has 1 aliphatic heterocycles. The first kappa shape index (κ1) is 7.03. The molecule has 0 amide bonds. The van der Waals surface area contributed by atoms with Gasteiger partial charge in [0.15, 0.2) is 0 Å². The summed E-state index contributed by atoms with van der Waals surface area (Å²) in [6.45, 7) is 5.03. The maximum atomic E-state index is 5.45. The monoisotopic (exact) mass is 128 g/mol. The Balaban J connectivity index is 2.38. The van der Waals surface area contributed by atoms with E-state index < -0.39 is 0 Å². The van der Waals surface area contributed by atoms with Gasteiger partial charge in [-0.3, -0.25) is 0 Å². The molecule has 2 heteroatoms. The standard InChI is InChI=1S/C7H14NO/c1-7(2)4-6(8-3)5-9-7/h6H,4-5H2,1-3H3/q-1. The highest BCUT2D eigenvalue weighted by Gasteiger charge is 2.26. The topological polar surface area (TPSA) is 23.3 Å². The Hall–Kier alpha value is -0.0800. The van der Waals surface area contributed by atoms with Crippen LogP contribution >= 0.6 is 0 Å². The number of likely N-dealkylation sites (N-methyl/N-ethyl adjacent to an activating group) is 1. The summed E-state index contributed by atoms with van der Waals surface area (Å²) in [4.78, 5) is 0. The Morgan fingerprint density at radius 1 is 1.56 bits per heavy atom. The summed E-state index contributed by atoms with van der Waals surface area (Å²) >= 11 is 0. The van der Waals surface area contributed by atoms with Gasteiger partial charge in [0.2, 0.25) is 0 Å². The molecule has 0 radical (unpaired) electrons. The molecule has 1 fully saturated rings. The second-order valence-electron chi connectivity index (χ2n) is 3.19. The highest BCUT2D eigenvalue weighted by Crippen LogP contribution is 2.27. The Labute approximate surface area is 56.6 Å². The van der Waals surface area contributed by atoms with Crippen LogP contribution in [0.15, 0.2) is 0 Å². The van der Waals surface area contributed by atoms with Gasteiger partial charge < -0.3 is 10.1 Å². The van der Waals surface area contributed by atoms with E-state index in [0.29, 0.717) is 6.04 Å². The molecule has 0 bridgehead atoms. The lowest BCUT2D eigenvalue weighted by atomic mass is 10.0. The van der Waals surface area contributed by atoms with Crippen molar-refractivity contribution < 1.29 is 4.74 Å². The molecule has 1 unspecified atom stereocenters. The minimum atomic E-state index is 0.0736. The number of hydrogen-bond acceptors (Lipinski definition) is 1. The molecule has 1 aliphatic rings. The third-order valence-electron chi connectivity index (χ3n) is 1.76. The van der Waals surface area contributed by atoms with E-state index in [0.717, 1.165) is 13.0 Å². The average Bonchev–Trinajstić information content (AvgIpc) is 2.10. The fourth-order valence-corrected chi connectivity index (χ4v) is 1.17. The molecule has 1 atom stereocenters. The summed E-state index contributed by atoms with van der Waals surface area (Å²) in [6.07, 6.45) is 1.07. The second-order valence-corrected chi connectivity index (χ2v) is 3.19. The van der Waals surface area contributed by atoms with Crippen molar-refractivity contribution in [1.82, 2.24) is 0 Å². The largest absolute Gasteiger partial charge is 0.660 e. The van der Waals surface area contributed by atoms with E-state index in [-0.39, 0.29) is 5.60 Å². The number of rotatable bonds is 1. The van der Waals surface area contributed by atoms with Crippen LogP contribution in [0.5, 0.6) is 0 Å². The number of ether oxygens (including phenoxy) is 1. The van der Waals surface area contributed by atoms with E-state index in [1.54, 1.807) is 0 Å². The fourth-order valence-electron chi connectivity index (χ4n) is 1.17. The Morgan fingerprint density at radius 3 is 2.44 bits per heavy atom. The van der Waals surface area contributed by atoms with Crippen LogP contribution in [0.2, 0.25) is 0 Å². The first-order chi connectivity index (χ1) is 4.14. The van der Waals surface area contributed by atoms with E-state index in [9.17, 15) is 0 Å². The van der Waals surface area contributed by atoms with Crippen molar-refractivity contribution in [2.24, 2.45) is 0 Å². The molecule has 0 aromatic heterocycles. The molecule has 0 aromatic carbocycles. The summed E-state index contributed by atoms with van der Waals surface area (Å²) in [6, 6.07) is 0.444. The van der Waals surface area contributed by atoms with E-state index >= 15 is 0 Å². The molecular weight excluding hydrogens is 114 g/mol. The molecule has 0 aromatic rings. The van der Waals surface area contributed by atoms with Gasteiger partial charge in [0.05, 0.1) is 5.60 Å². The van der Waals surface area contributed by atoms with Gasteiger partial charge in [-0.25, -0.2) is 0 Å². The predicted octanol–water partition coefficient (Wildman–Crippen LogP) is 1.56. The van der Waals surface area contributed by atoms with Crippen LogP contribution in [-0.4, -0.2) is 25.3 Å². The molecule has 0 N–H and O–H groups in total. The van der Waals surface area contributed by atoms with Gasteiger partial charge in [0.1, 0.15) is 0 Å². The third kappa shape index (κ3) is 1.66. The molecule has 2 nitrogen and oxygen atoms in total. The van der Waals surface area contributed by atoms with E-state index in [4.69, 9.17) is 4.74 Å². The smallest absolute Gasteiger partial charge is 0.0612 e. The van der Waals surface area contributed by atoms with Crippen molar-refractivity contribution in [2.75, 3.05) is 13.7 Å². The molecular formula is C7H14NO-. The van der Waals surface area contributed by atoms with Crippen LogP contribution < -0.4 is 0 Å². The maximum absolute atomic E-state index is 5.45. The van der Waals surface area contributed by atoms with Crippen molar-refractivity contribution in [3.8, 4) is 0 Å². The zero-order valence-electron chi connectivity index (χ0n) is 6.35. The van der Waals surface area contributed by atoms with Crippen LogP contribution in [-0.2, 0) is 4.74 Å². The van der Waals surface area contributed by atoms with Crippen molar-refractivity contribution >= 4 is 0 Å². The highest BCUT2D eigenvalue weighted by molar-refractivity contribution is 4.96. The van der Waals surface area contributed by atoms with Crippen LogP contribution in [0.1, 0.15) is 20.3 Å². The van der Waals surface area contributed by atoms with E-state index in [1.807, 2.05) is 7.05 Å². The lowest BCUT2D eigenvalue weighted by Gasteiger charge is -2.21. The minimum Gasteiger partial charge on any atom is -0.660 e. The van der Waals surface area contributed by atoms with E-state index in [2.05, 4.69) is 19.2 Å². The lowest BCUT2D eigenvalue weighted by molar-refractivity contribution is 0.0364. The van der Waals surface area contributed by atoms with E-state index in [1.165, 1.54) is 0 Å². The normalized spacial score (nSPS) is 33.0. The lowest BCUT2D eigenvalue weighted by Crippen LogP contribution is -2.17. The summed E-state index contributed by atoms with van der Waals surface area (Å²) in [5.74, 6) is 0. The first-order valence-electron chi connectivity index (χ1n) is 3.37. The van der Waals surface area contributed by atoms with Gasteiger partial charge >= 0.3 is 0 Å². The molecule has 0 saturated carbocycles. The zero-order valence-corrected chi connectivity index (χ0v) is 6.35. The van der Waals surface area contributed by atoms with Crippen LogP contribution in [0, 0.1) is 0 Å². The van der Waals surface area contributed by atoms with Crippen molar-refractivity contribution in [3.05, 3.63) is 5.32 Å². The molecule has 1 saturated heterocycles. The molecule has 54 valence electrons. The summed E-state index contributed by atoms with van der Waals surface area (Å²) < 4.78 is 5.45. The number of hydrogen-bond donors (Lipinski definition) is 0. The first-order valence-corrected chi connectivity index (χ1v) is 3.37. The quantitative estimate of drug-likeness (QED) is 0.525. The molecule has 1 heterocycles. The van der Waals surface area contributed by atoms with Crippen molar-refractivity contribution in [2.45, 2.75) is 31.9 Å². The molecule has 0 spiro atoms. The van der Waals surface area contributed by atoms with Crippen LogP contribution in [0.25, 0.3) is 5.32 Å². The Kier molecular flexibility index (Phi) is 1.78. The summed E-state index contributed by atoms with van der Waals surface area (Å²) in [7, 11) is 1.86. The van der Waals surface area contributed by atoms with Gasteiger partial charge in [0.25, 0.3) is 0 Å². The summed E-state index contributed by atoms with van der Waals surface area (Å²) in [5, 5.41) is 4.16. The minimum absolute atomic E-state index is 0.0736. The second kappa shape index (κ2) is 2.27. The highest BCUT2D eigenvalue weighted by atomic mass is 16.5. The van der Waals surface area contributed by atoms with Gasteiger partial charge in [-0.2, -0.15) is 7.05 Å². The summed E-state index contributed by atoms with van der Waals surface area (Å²) in [5.41, 5.74) is 0.0736. The SMILES string of the molecule is C[N-]C1COC(C)(C)C1. The molecule has 1 rings (SSSR count). The van der Waals surface area contributed by atoms with Crippen LogP contribution in [0.4, 0.5) is 0 Å². The third-order valence-corrected chi connectivity index (χ3v) is 1.76. The van der Waals surface area contributed by atoms with Crippen molar-refractivity contribution in [3.63, 3.8) is 0 Å². The fraction of sp³-hybridized carbons (Fsp3) is 1.00. The van der Waals surface area contributed by atoms with Gasteiger partial charge in [0, 0.05) is 6.61 Å². The average molecular weight is 128 g/mol. The number of nitrogens with zero attached hydrogens (tertiary/aromatic N) is 1. The van der Waals surface area contributed by atoms with Gasteiger partial charge in [-0.15, -0.1) is 6.04 Å². The zero-order chi connectivity index (χ0) is 6.91. The van der Waals surface area contributed by atoms with Gasteiger partial charge in [-0.05, 0) is 20.3 Å². The molecule has 9 heavy (non-hydrogen) atoms. The van der Waals surface area contributed by atoms with Crippen molar-refractivity contribution in [1.29, 1.82) is 0 Å². The van der Waals surface area contributed by atoms with Crippen LogP contribution in [0.3, 0.4) is 0 Å². The Bertz CT molecular complexity index is 101. The van der Waals surface area contributed by atoms with Gasteiger partial charge in [-0.1, -0.05) is 0 Å². The Morgan fingerprint density at radius 2 is 2.22 bits per heavy atom. The predicted molar refractivity (Wildman–Crippen MR) is 37.7 cm³/mol. The maximum Gasteiger partial charge on any atom is 0.0612 e.